The van der Waals surface area contributed by atoms with E-state index in [1.54, 1.807) is 6.08 Å². The fourth-order valence-corrected chi connectivity index (χ4v) is 6.40. The van der Waals surface area contributed by atoms with Crippen LogP contribution in [-0.4, -0.2) is 23.4 Å². The SMILES string of the molecule is C=Cc1c(C2O[C@H](CC)[C@@H](C)[C@H](OCc3ccccc3)[C@H]2OCc2ccccc2)cc(Cc2ccc(CC)cc2)c(Cl)c1O. The third-order valence-electron chi connectivity index (χ3n) is 8.74. The van der Waals surface area contributed by atoms with Crippen LogP contribution in [0.25, 0.3) is 6.08 Å². The van der Waals surface area contributed by atoms with Gasteiger partial charge in [-0.1, -0.05) is 136 Å². The van der Waals surface area contributed by atoms with Crippen LogP contribution in [0.5, 0.6) is 5.75 Å². The molecule has 0 aromatic heterocycles. The van der Waals surface area contributed by atoms with Gasteiger partial charge in [-0.2, -0.15) is 0 Å². The molecule has 4 aromatic carbocycles. The van der Waals surface area contributed by atoms with Crippen molar-refractivity contribution in [2.45, 2.75) is 77.7 Å². The Morgan fingerprint density at radius 3 is 1.93 bits per heavy atom. The number of ether oxygens (including phenoxy) is 3. The number of hydrogen-bond donors (Lipinski definition) is 1. The predicted octanol–water partition coefficient (Wildman–Crippen LogP) is 9.50. The van der Waals surface area contributed by atoms with E-state index in [1.807, 2.05) is 36.4 Å². The van der Waals surface area contributed by atoms with Crippen molar-refractivity contribution in [1.29, 1.82) is 0 Å². The lowest BCUT2D eigenvalue weighted by atomic mass is 9.82. The minimum absolute atomic E-state index is 0.0122. The Morgan fingerprint density at radius 1 is 0.818 bits per heavy atom. The lowest BCUT2D eigenvalue weighted by molar-refractivity contribution is -0.234. The first-order valence-electron chi connectivity index (χ1n) is 15.6. The second-order valence-electron chi connectivity index (χ2n) is 11.6. The highest BCUT2D eigenvalue weighted by molar-refractivity contribution is 6.33. The highest BCUT2D eigenvalue weighted by Gasteiger charge is 2.46. The van der Waals surface area contributed by atoms with Crippen LogP contribution < -0.4 is 0 Å². The summed E-state index contributed by atoms with van der Waals surface area (Å²) >= 11 is 6.80. The smallest absolute Gasteiger partial charge is 0.142 e. The number of benzene rings is 4. The number of halogens is 1. The van der Waals surface area contributed by atoms with Crippen LogP contribution in [0.3, 0.4) is 0 Å². The summed E-state index contributed by atoms with van der Waals surface area (Å²) in [7, 11) is 0. The van der Waals surface area contributed by atoms with Gasteiger partial charge in [-0.25, -0.2) is 0 Å². The van der Waals surface area contributed by atoms with Crippen molar-refractivity contribution in [2.75, 3.05) is 0 Å². The number of rotatable bonds is 12. The summed E-state index contributed by atoms with van der Waals surface area (Å²) in [6.45, 7) is 11.4. The summed E-state index contributed by atoms with van der Waals surface area (Å²) in [6, 6.07) is 30.9. The third-order valence-corrected chi connectivity index (χ3v) is 9.17. The molecule has 5 rings (SSSR count). The average Bonchev–Trinajstić information content (AvgIpc) is 3.06. The van der Waals surface area contributed by atoms with E-state index in [1.165, 1.54) is 5.56 Å². The van der Waals surface area contributed by atoms with Crippen LogP contribution in [0, 0.1) is 5.92 Å². The molecule has 1 N–H and O–H groups in total. The van der Waals surface area contributed by atoms with Gasteiger partial charge in [0.25, 0.3) is 0 Å². The number of phenolic OH excluding ortho intramolecular Hbond substituents is 1. The van der Waals surface area contributed by atoms with Crippen LogP contribution in [0.4, 0.5) is 0 Å². The fourth-order valence-electron chi connectivity index (χ4n) is 6.18. The average molecular weight is 611 g/mol. The molecule has 1 aliphatic rings. The molecule has 230 valence electrons. The van der Waals surface area contributed by atoms with Crippen molar-refractivity contribution < 1.29 is 19.3 Å². The number of aryl methyl sites for hydroxylation is 1. The normalized spacial score (nSPS) is 21.7. The lowest BCUT2D eigenvalue weighted by Gasteiger charge is -2.46. The molecule has 1 unspecified atom stereocenters. The first-order valence-corrected chi connectivity index (χ1v) is 16.0. The molecule has 1 fully saturated rings. The molecule has 0 saturated carbocycles. The maximum absolute atomic E-state index is 11.4. The standard InChI is InChI=1S/C39H43ClO4/c1-5-27-18-20-28(21-19-27)22-31-23-33(32(6-2)36(41)35(31)40)38-39(43-25-30-16-12-9-13-17-30)37(26(4)34(7-3)44-38)42-24-29-14-10-8-11-15-29/h6,8-21,23,26,34,37-39,41H,2,5,7,22,24-25H2,1,3-4H3/t26-,34-,37+,38?,39-/m1/s1. The van der Waals surface area contributed by atoms with Crippen molar-refractivity contribution in [3.05, 3.63) is 142 Å². The van der Waals surface area contributed by atoms with Crippen LogP contribution >= 0.6 is 11.6 Å². The Kier molecular flexibility index (Phi) is 10.9. The van der Waals surface area contributed by atoms with Gasteiger partial charge in [0, 0.05) is 11.5 Å². The van der Waals surface area contributed by atoms with Gasteiger partial charge >= 0.3 is 0 Å². The summed E-state index contributed by atoms with van der Waals surface area (Å²) in [4.78, 5) is 0. The summed E-state index contributed by atoms with van der Waals surface area (Å²) < 4.78 is 20.4. The van der Waals surface area contributed by atoms with Gasteiger partial charge in [-0.3, -0.25) is 0 Å². The molecule has 44 heavy (non-hydrogen) atoms. The van der Waals surface area contributed by atoms with Crippen LogP contribution in [0.1, 0.15) is 72.2 Å². The van der Waals surface area contributed by atoms with Gasteiger partial charge in [-0.05, 0) is 52.6 Å². The molecule has 0 amide bonds. The Morgan fingerprint density at radius 2 is 1.39 bits per heavy atom. The minimum atomic E-state index is -0.516. The van der Waals surface area contributed by atoms with Gasteiger partial charge in [0.05, 0.1) is 30.4 Å². The van der Waals surface area contributed by atoms with Crippen molar-refractivity contribution in [2.24, 2.45) is 5.92 Å². The van der Waals surface area contributed by atoms with Crippen molar-refractivity contribution >= 4 is 17.7 Å². The molecule has 0 spiro atoms. The number of phenols is 1. The molecule has 0 aliphatic carbocycles. The fraction of sp³-hybridized carbons (Fsp3) is 0.333. The maximum Gasteiger partial charge on any atom is 0.142 e. The van der Waals surface area contributed by atoms with Crippen LogP contribution in [-0.2, 0) is 40.3 Å². The minimum Gasteiger partial charge on any atom is -0.506 e. The van der Waals surface area contributed by atoms with Crippen molar-refractivity contribution in [3.8, 4) is 5.75 Å². The molecule has 1 saturated heterocycles. The first kappa shape index (κ1) is 32.0. The summed E-state index contributed by atoms with van der Waals surface area (Å²) in [5.74, 6) is 0.0866. The van der Waals surface area contributed by atoms with E-state index in [0.717, 1.165) is 40.7 Å². The molecule has 4 nitrogen and oxygen atoms in total. The quantitative estimate of drug-likeness (QED) is 0.173. The summed E-state index contributed by atoms with van der Waals surface area (Å²) in [5, 5.41) is 11.7. The van der Waals surface area contributed by atoms with Crippen molar-refractivity contribution in [3.63, 3.8) is 0 Å². The lowest BCUT2D eigenvalue weighted by Crippen LogP contribution is -2.52. The zero-order chi connectivity index (χ0) is 31.1. The number of aromatic hydroxyl groups is 1. The van der Waals surface area contributed by atoms with Crippen molar-refractivity contribution in [1.82, 2.24) is 0 Å². The van der Waals surface area contributed by atoms with Gasteiger partial charge in [0.2, 0.25) is 0 Å². The largest absolute Gasteiger partial charge is 0.506 e. The van der Waals surface area contributed by atoms with Gasteiger partial charge in [0.15, 0.2) is 0 Å². The Hall–Kier alpha value is -3.41. The van der Waals surface area contributed by atoms with E-state index >= 15 is 0 Å². The van der Waals surface area contributed by atoms with E-state index in [4.69, 9.17) is 25.8 Å². The third kappa shape index (κ3) is 7.27. The summed E-state index contributed by atoms with van der Waals surface area (Å²) in [5.41, 5.74) is 6.76. The molecule has 4 aromatic rings. The zero-order valence-electron chi connectivity index (χ0n) is 25.9. The molecule has 0 radical (unpaired) electrons. The second-order valence-corrected chi connectivity index (χ2v) is 12.0. The van der Waals surface area contributed by atoms with E-state index < -0.39 is 12.2 Å². The molecular weight excluding hydrogens is 568 g/mol. The molecular formula is C39H43ClO4. The first-order chi connectivity index (χ1) is 21.4. The summed E-state index contributed by atoms with van der Waals surface area (Å²) in [6.07, 6.45) is 2.73. The second kappa shape index (κ2) is 15.0. The van der Waals surface area contributed by atoms with Gasteiger partial charge < -0.3 is 19.3 Å². The maximum atomic E-state index is 11.4. The highest BCUT2D eigenvalue weighted by atomic mass is 35.5. The van der Waals surface area contributed by atoms with E-state index in [9.17, 15) is 5.11 Å². The van der Waals surface area contributed by atoms with Crippen LogP contribution in [0.2, 0.25) is 5.02 Å². The van der Waals surface area contributed by atoms with E-state index in [2.05, 4.69) is 81.9 Å². The molecule has 1 heterocycles. The zero-order valence-corrected chi connectivity index (χ0v) is 26.7. The molecule has 5 atom stereocenters. The van der Waals surface area contributed by atoms with E-state index in [0.29, 0.717) is 30.2 Å². The molecule has 0 bridgehead atoms. The number of hydrogen-bond acceptors (Lipinski definition) is 4. The van der Waals surface area contributed by atoms with Gasteiger partial charge in [-0.15, -0.1) is 0 Å². The molecule has 1 aliphatic heterocycles. The van der Waals surface area contributed by atoms with E-state index in [-0.39, 0.29) is 23.9 Å². The Balaban J connectivity index is 1.56. The van der Waals surface area contributed by atoms with Gasteiger partial charge in [0.1, 0.15) is 18.0 Å². The Bertz CT molecular complexity index is 1500. The van der Waals surface area contributed by atoms with Crippen LogP contribution in [0.15, 0.2) is 97.6 Å². The Labute approximate surface area is 267 Å². The highest BCUT2D eigenvalue weighted by Crippen LogP contribution is 2.45. The topological polar surface area (TPSA) is 47.9 Å². The monoisotopic (exact) mass is 610 g/mol. The predicted molar refractivity (Wildman–Crippen MR) is 179 cm³/mol. The molecule has 5 heteroatoms.